The van der Waals surface area contributed by atoms with E-state index in [1.165, 1.54) is 18.2 Å². The molecule has 1 fully saturated rings. The Bertz CT molecular complexity index is 470. The van der Waals surface area contributed by atoms with Crippen molar-refractivity contribution in [1.82, 2.24) is 5.32 Å². The normalized spacial score (nSPS) is 22.9. The molecule has 0 bridgehead atoms. The Morgan fingerprint density at radius 1 is 1.37 bits per heavy atom. The van der Waals surface area contributed by atoms with Gasteiger partial charge in [0.25, 0.3) is 0 Å². The maximum atomic E-state index is 13.0. The molecule has 0 heterocycles. The highest BCUT2D eigenvalue weighted by Gasteiger charge is 2.24. The second-order valence-electron chi connectivity index (χ2n) is 4.69. The first-order valence-corrected chi connectivity index (χ1v) is 6.64. The van der Waals surface area contributed by atoms with Crippen LogP contribution in [0.4, 0.5) is 14.9 Å². The molecule has 2 rings (SSSR count). The van der Waals surface area contributed by atoms with Gasteiger partial charge in [0.15, 0.2) is 0 Å². The molecule has 4 nitrogen and oxygen atoms in total. The molecule has 0 radical (unpaired) electrons. The quantitative estimate of drug-likeness (QED) is 0.783. The molecular weight excluding hydrogens is 271 g/mol. The lowest BCUT2D eigenvalue weighted by Crippen LogP contribution is -2.46. The Balaban J connectivity index is 1.91. The molecule has 1 saturated carbocycles. The number of aliphatic hydroxyl groups excluding tert-OH is 1. The monoisotopic (exact) mass is 286 g/mol. The van der Waals surface area contributed by atoms with Crippen LogP contribution in [0.25, 0.3) is 0 Å². The number of anilines is 1. The minimum Gasteiger partial charge on any atom is -0.391 e. The molecule has 19 heavy (non-hydrogen) atoms. The third kappa shape index (κ3) is 3.81. The summed E-state index contributed by atoms with van der Waals surface area (Å²) in [6, 6.07) is 3.30. The highest BCUT2D eigenvalue weighted by Crippen LogP contribution is 2.20. The third-order valence-electron chi connectivity index (χ3n) is 3.22. The van der Waals surface area contributed by atoms with E-state index < -0.39 is 18.0 Å². The van der Waals surface area contributed by atoms with Gasteiger partial charge in [0.1, 0.15) is 5.82 Å². The maximum absolute atomic E-state index is 13.0. The van der Waals surface area contributed by atoms with Gasteiger partial charge in [-0.15, -0.1) is 0 Å². The van der Waals surface area contributed by atoms with Gasteiger partial charge in [0, 0.05) is 5.69 Å². The van der Waals surface area contributed by atoms with Crippen molar-refractivity contribution in [2.75, 3.05) is 5.32 Å². The summed E-state index contributed by atoms with van der Waals surface area (Å²) in [6.45, 7) is 0. The number of carbonyl (C=O) groups is 1. The fraction of sp³-hybridized carbons (Fsp3) is 0.462. The second kappa shape index (κ2) is 6.21. The van der Waals surface area contributed by atoms with Gasteiger partial charge in [0.2, 0.25) is 0 Å². The van der Waals surface area contributed by atoms with Gasteiger partial charge in [0.05, 0.1) is 17.2 Å². The van der Waals surface area contributed by atoms with Crippen molar-refractivity contribution in [3.8, 4) is 0 Å². The minimum absolute atomic E-state index is 0.0458. The number of carbonyl (C=O) groups excluding carboxylic acids is 1. The largest absolute Gasteiger partial charge is 0.391 e. The molecule has 1 aliphatic carbocycles. The first-order chi connectivity index (χ1) is 9.06. The summed E-state index contributed by atoms with van der Waals surface area (Å²) in [5, 5.41) is 15.0. The van der Waals surface area contributed by atoms with Crippen LogP contribution in [0.2, 0.25) is 5.02 Å². The summed E-state index contributed by atoms with van der Waals surface area (Å²) in [4.78, 5) is 11.8. The van der Waals surface area contributed by atoms with E-state index in [0.29, 0.717) is 12.1 Å². The molecule has 0 saturated heterocycles. The average molecular weight is 287 g/mol. The lowest BCUT2D eigenvalue weighted by Gasteiger charge is -2.28. The number of amides is 2. The van der Waals surface area contributed by atoms with Gasteiger partial charge in [-0.3, -0.25) is 0 Å². The van der Waals surface area contributed by atoms with Gasteiger partial charge in [-0.05, 0) is 31.0 Å². The van der Waals surface area contributed by atoms with E-state index in [2.05, 4.69) is 10.6 Å². The summed E-state index contributed by atoms with van der Waals surface area (Å²) in [6.07, 6.45) is 2.93. The van der Waals surface area contributed by atoms with Crippen molar-refractivity contribution in [2.24, 2.45) is 0 Å². The molecule has 3 N–H and O–H groups in total. The van der Waals surface area contributed by atoms with Crippen LogP contribution in [0, 0.1) is 5.82 Å². The Morgan fingerprint density at radius 3 is 2.79 bits per heavy atom. The number of rotatable bonds is 2. The van der Waals surface area contributed by atoms with E-state index in [0.717, 1.165) is 19.3 Å². The Labute approximate surface area is 116 Å². The number of nitrogens with one attached hydrogen (secondary N) is 2. The van der Waals surface area contributed by atoms with E-state index in [-0.39, 0.29) is 11.1 Å². The van der Waals surface area contributed by atoms with Gasteiger partial charge in [-0.25, -0.2) is 9.18 Å². The van der Waals surface area contributed by atoms with Crippen LogP contribution in [-0.4, -0.2) is 23.3 Å². The Morgan fingerprint density at radius 2 is 2.11 bits per heavy atom. The lowest BCUT2D eigenvalue weighted by atomic mass is 9.93. The molecule has 1 aromatic rings. The molecular formula is C13H16ClFN2O2. The molecule has 104 valence electrons. The smallest absolute Gasteiger partial charge is 0.319 e. The predicted octanol–water partition coefficient (Wildman–Crippen LogP) is 2.90. The van der Waals surface area contributed by atoms with E-state index in [1.807, 2.05) is 0 Å². The summed E-state index contributed by atoms with van der Waals surface area (Å²) in [7, 11) is 0. The Hall–Kier alpha value is -1.33. The fourth-order valence-corrected chi connectivity index (χ4v) is 2.37. The topological polar surface area (TPSA) is 61.4 Å². The zero-order valence-corrected chi connectivity index (χ0v) is 11.1. The van der Waals surface area contributed by atoms with E-state index in [9.17, 15) is 14.3 Å². The van der Waals surface area contributed by atoms with Crippen molar-refractivity contribution in [1.29, 1.82) is 0 Å². The zero-order chi connectivity index (χ0) is 13.8. The summed E-state index contributed by atoms with van der Waals surface area (Å²) in [5.74, 6) is -0.532. The summed E-state index contributed by atoms with van der Waals surface area (Å²) < 4.78 is 13.0. The first kappa shape index (κ1) is 14.1. The average Bonchev–Trinajstić information content (AvgIpc) is 2.37. The standard InChI is InChI=1S/C13H16ClFN2O2/c14-9-7-8(5-6-10(9)15)16-13(19)17-11-3-1-2-4-12(11)18/h5-7,11-12,18H,1-4H2,(H2,16,17,19). The van der Waals surface area contributed by atoms with Crippen molar-refractivity contribution in [2.45, 2.75) is 37.8 Å². The maximum Gasteiger partial charge on any atom is 0.319 e. The van der Waals surface area contributed by atoms with Crippen LogP contribution in [-0.2, 0) is 0 Å². The van der Waals surface area contributed by atoms with Crippen LogP contribution in [0.5, 0.6) is 0 Å². The van der Waals surface area contributed by atoms with Crippen LogP contribution in [0.15, 0.2) is 18.2 Å². The number of benzene rings is 1. The molecule has 1 aliphatic rings. The predicted molar refractivity (Wildman–Crippen MR) is 71.8 cm³/mol. The van der Waals surface area contributed by atoms with E-state index in [1.54, 1.807) is 0 Å². The van der Waals surface area contributed by atoms with Gasteiger partial charge < -0.3 is 15.7 Å². The molecule has 2 amide bonds. The number of halogens is 2. The van der Waals surface area contributed by atoms with Crippen LogP contribution in [0.1, 0.15) is 25.7 Å². The molecule has 2 unspecified atom stereocenters. The minimum atomic E-state index is -0.532. The lowest BCUT2D eigenvalue weighted by molar-refractivity contribution is 0.0955. The van der Waals surface area contributed by atoms with Gasteiger partial charge in [-0.2, -0.15) is 0 Å². The summed E-state index contributed by atoms with van der Waals surface area (Å²) in [5.41, 5.74) is 0.411. The molecule has 2 atom stereocenters. The van der Waals surface area contributed by atoms with Crippen LogP contribution in [0.3, 0.4) is 0 Å². The number of urea groups is 1. The van der Waals surface area contributed by atoms with Crippen molar-refractivity contribution >= 4 is 23.3 Å². The van der Waals surface area contributed by atoms with Crippen LogP contribution >= 0.6 is 11.6 Å². The number of hydrogen-bond donors (Lipinski definition) is 3. The molecule has 0 aliphatic heterocycles. The number of hydrogen-bond acceptors (Lipinski definition) is 2. The van der Waals surface area contributed by atoms with E-state index in [4.69, 9.17) is 11.6 Å². The van der Waals surface area contributed by atoms with Crippen molar-refractivity contribution in [3.63, 3.8) is 0 Å². The second-order valence-corrected chi connectivity index (χ2v) is 5.09. The highest BCUT2D eigenvalue weighted by molar-refractivity contribution is 6.31. The summed E-state index contributed by atoms with van der Waals surface area (Å²) >= 11 is 5.63. The molecule has 6 heteroatoms. The van der Waals surface area contributed by atoms with Gasteiger partial charge >= 0.3 is 6.03 Å². The molecule has 0 spiro atoms. The number of aliphatic hydroxyl groups is 1. The fourth-order valence-electron chi connectivity index (χ4n) is 2.19. The van der Waals surface area contributed by atoms with Gasteiger partial charge in [-0.1, -0.05) is 24.4 Å². The first-order valence-electron chi connectivity index (χ1n) is 6.27. The van der Waals surface area contributed by atoms with Crippen molar-refractivity contribution < 1.29 is 14.3 Å². The van der Waals surface area contributed by atoms with Crippen LogP contribution < -0.4 is 10.6 Å². The van der Waals surface area contributed by atoms with Crippen molar-refractivity contribution in [3.05, 3.63) is 29.0 Å². The molecule has 0 aromatic heterocycles. The third-order valence-corrected chi connectivity index (χ3v) is 3.51. The zero-order valence-electron chi connectivity index (χ0n) is 10.3. The molecule has 1 aromatic carbocycles. The Kier molecular flexibility index (Phi) is 4.61. The van der Waals surface area contributed by atoms with E-state index >= 15 is 0 Å². The SMILES string of the molecule is O=C(Nc1ccc(F)c(Cl)c1)NC1CCCCC1O. The highest BCUT2D eigenvalue weighted by atomic mass is 35.5.